The molecule has 0 atom stereocenters. The molecule has 4 heteroatoms. The first-order chi connectivity index (χ1) is 8.78. The fraction of sp³-hybridized carbons (Fsp3) is 0.571. The quantitative estimate of drug-likeness (QED) is 0.805. The molecule has 0 aliphatic carbocycles. The highest BCUT2D eigenvalue weighted by atomic mass is 16.7. The Morgan fingerprint density at radius 1 is 0.944 bits per heavy atom. The van der Waals surface area contributed by atoms with Crippen LogP contribution in [0.15, 0.2) is 30.3 Å². The van der Waals surface area contributed by atoms with Crippen molar-refractivity contribution in [1.29, 1.82) is 0 Å². The van der Waals surface area contributed by atoms with Crippen LogP contribution in [0.2, 0.25) is 0 Å². The van der Waals surface area contributed by atoms with Gasteiger partial charge in [-0.1, -0.05) is 37.3 Å². The Bertz CT molecular complexity index is 378. The van der Waals surface area contributed by atoms with Crippen LogP contribution in [-0.4, -0.2) is 32.7 Å². The summed E-state index contributed by atoms with van der Waals surface area (Å²) in [5, 5.41) is 0. The fourth-order valence-corrected chi connectivity index (χ4v) is 2.32. The molecule has 1 aromatic carbocycles. The average Bonchev–Trinajstić information content (AvgIpc) is 2.95. The first kappa shape index (κ1) is 12.1. The summed E-state index contributed by atoms with van der Waals surface area (Å²) in [6.07, 6.45) is -0.491. The van der Waals surface area contributed by atoms with Crippen LogP contribution < -0.4 is 0 Å². The van der Waals surface area contributed by atoms with Gasteiger partial charge in [0, 0.05) is 5.56 Å². The van der Waals surface area contributed by atoms with Crippen LogP contribution in [0, 0.1) is 5.41 Å². The molecule has 2 aliphatic rings. The van der Waals surface area contributed by atoms with Crippen LogP contribution in [0.1, 0.15) is 18.8 Å². The van der Waals surface area contributed by atoms with Gasteiger partial charge in [-0.05, 0) is 0 Å². The fourth-order valence-electron chi connectivity index (χ4n) is 2.32. The van der Waals surface area contributed by atoms with Crippen molar-refractivity contribution in [1.82, 2.24) is 0 Å². The van der Waals surface area contributed by atoms with E-state index in [0.29, 0.717) is 26.4 Å². The van der Waals surface area contributed by atoms with Gasteiger partial charge in [-0.25, -0.2) is 0 Å². The van der Waals surface area contributed by atoms with Crippen LogP contribution in [0.3, 0.4) is 0 Å². The molecule has 0 amide bonds. The van der Waals surface area contributed by atoms with Crippen molar-refractivity contribution in [2.24, 2.45) is 5.41 Å². The van der Waals surface area contributed by atoms with E-state index in [0.717, 1.165) is 5.56 Å². The molecule has 0 N–H and O–H groups in total. The Balaban J connectivity index is 1.64. The smallest absolute Gasteiger partial charge is 0.183 e. The molecule has 98 valence electrons. The molecule has 2 fully saturated rings. The molecular formula is C14H18O4. The number of hydrogen-bond donors (Lipinski definition) is 0. The van der Waals surface area contributed by atoms with Crippen molar-refractivity contribution in [2.75, 3.05) is 26.4 Å². The third-order valence-corrected chi connectivity index (χ3v) is 3.39. The first-order valence-corrected chi connectivity index (χ1v) is 6.29. The maximum Gasteiger partial charge on any atom is 0.183 e. The second-order valence-electron chi connectivity index (χ2n) is 5.09. The molecule has 2 heterocycles. The second kappa shape index (κ2) is 4.97. The van der Waals surface area contributed by atoms with Crippen molar-refractivity contribution in [3.63, 3.8) is 0 Å². The van der Waals surface area contributed by atoms with E-state index in [4.69, 9.17) is 18.9 Å². The minimum Gasteiger partial charge on any atom is -0.349 e. The summed E-state index contributed by atoms with van der Waals surface area (Å²) < 4.78 is 22.7. The number of ether oxygens (including phenoxy) is 4. The van der Waals surface area contributed by atoms with Crippen LogP contribution >= 0.6 is 0 Å². The SMILES string of the molecule is CC1(C2OCCO2)COC(c2ccccc2)OC1. The highest BCUT2D eigenvalue weighted by Crippen LogP contribution is 2.36. The minimum absolute atomic E-state index is 0.214. The van der Waals surface area contributed by atoms with Crippen molar-refractivity contribution < 1.29 is 18.9 Å². The van der Waals surface area contributed by atoms with Gasteiger partial charge in [0.05, 0.1) is 31.8 Å². The summed E-state index contributed by atoms with van der Waals surface area (Å²) in [5.41, 5.74) is 0.828. The summed E-state index contributed by atoms with van der Waals surface area (Å²) in [5.74, 6) is 0. The Kier molecular flexibility index (Phi) is 3.35. The largest absolute Gasteiger partial charge is 0.349 e. The Morgan fingerprint density at radius 3 is 2.17 bits per heavy atom. The lowest BCUT2D eigenvalue weighted by Crippen LogP contribution is -2.45. The lowest BCUT2D eigenvalue weighted by molar-refractivity contribution is -0.276. The van der Waals surface area contributed by atoms with Crippen molar-refractivity contribution in [3.8, 4) is 0 Å². The van der Waals surface area contributed by atoms with Gasteiger partial charge >= 0.3 is 0 Å². The third-order valence-electron chi connectivity index (χ3n) is 3.39. The number of benzene rings is 1. The van der Waals surface area contributed by atoms with Gasteiger partial charge in [0.1, 0.15) is 0 Å². The van der Waals surface area contributed by atoms with Gasteiger partial charge in [0.25, 0.3) is 0 Å². The maximum atomic E-state index is 5.81. The van der Waals surface area contributed by atoms with Gasteiger partial charge in [-0.2, -0.15) is 0 Å². The molecule has 0 unspecified atom stereocenters. The molecule has 0 bridgehead atoms. The van der Waals surface area contributed by atoms with Gasteiger partial charge in [0.2, 0.25) is 0 Å². The Labute approximate surface area is 107 Å². The monoisotopic (exact) mass is 250 g/mol. The molecule has 0 spiro atoms. The summed E-state index contributed by atoms with van der Waals surface area (Å²) in [6.45, 7) is 4.55. The third kappa shape index (κ3) is 2.29. The summed E-state index contributed by atoms with van der Waals surface area (Å²) in [6, 6.07) is 9.97. The minimum atomic E-state index is -0.277. The maximum absolute atomic E-state index is 5.81. The Morgan fingerprint density at radius 2 is 1.56 bits per heavy atom. The van der Waals surface area contributed by atoms with Gasteiger partial charge < -0.3 is 18.9 Å². The summed E-state index contributed by atoms with van der Waals surface area (Å²) in [4.78, 5) is 0. The van der Waals surface area contributed by atoms with E-state index in [1.165, 1.54) is 0 Å². The molecule has 2 saturated heterocycles. The molecule has 3 rings (SSSR count). The molecule has 1 aromatic rings. The van der Waals surface area contributed by atoms with E-state index in [1.807, 2.05) is 30.3 Å². The lowest BCUT2D eigenvalue weighted by Gasteiger charge is -2.39. The van der Waals surface area contributed by atoms with Gasteiger partial charge in [-0.15, -0.1) is 0 Å². The van der Waals surface area contributed by atoms with E-state index >= 15 is 0 Å². The highest BCUT2D eigenvalue weighted by molar-refractivity contribution is 5.16. The van der Waals surface area contributed by atoms with Crippen molar-refractivity contribution >= 4 is 0 Å². The molecule has 0 radical (unpaired) electrons. The predicted molar refractivity (Wildman–Crippen MR) is 64.9 cm³/mol. The normalized spacial score (nSPS) is 33.7. The zero-order valence-corrected chi connectivity index (χ0v) is 10.5. The van der Waals surface area contributed by atoms with E-state index in [9.17, 15) is 0 Å². The summed E-state index contributed by atoms with van der Waals surface area (Å²) in [7, 11) is 0. The lowest BCUT2D eigenvalue weighted by atomic mass is 9.91. The van der Waals surface area contributed by atoms with Crippen LogP contribution in [0.25, 0.3) is 0 Å². The van der Waals surface area contributed by atoms with Crippen LogP contribution in [-0.2, 0) is 18.9 Å². The molecular weight excluding hydrogens is 232 g/mol. The average molecular weight is 250 g/mol. The van der Waals surface area contributed by atoms with Crippen LogP contribution in [0.4, 0.5) is 0 Å². The Hall–Kier alpha value is -0.940. The summed E-state index contributed by atoms with van der Waals surface area (Å²) >= 11 is 0. The van der Waals surface area contributed by atoms with E-state index in [-0.39, 0.29) is 18.0 Å². The number of hydrogen-bond acceptors (Lipinski definition) is 4. The second-order valence-corrected chi connectivity index (χ2v) is 5.09. The van der Waals surface area contributed by atoms with Gasteiger partial charge in [-0.3, -0.25) is 0 Å². The van der Waals surface area contributed by atoms with Gasteiger partial charge in [0.15, 0.2) is 12.6 Å². The van der Waals surface area contributed by atoms with E-state index in [1.54, 1.807) is 0 Å². The van der Waals surface area contributed by atoms with E-state index < -0.39 is 0 Å². The molecule has 18 heavy (non-hydrogen) atoms. The first-order valence-electron chi connectivity index (χ1n) is 6.29. The predicted octanol–water partition coefficient (Wildman–Crippen LogP) is 2.11. The molecule has 0 saturated carbocycles. The topological polar surface area (TPSA) is 36.9 Å². The van der Waals surface area contributed by atoms with Crippen LogP contribution in [0.5, 0.6) is 0 Å². The van der Waals surface area contributed by atoms with Crippen molar-refractivity contribution in [2.45, 2.75) is 19.5 Å². The standard InChI is InChI=1S/C14H18O4/c1-14(13-15-7-8-16-13)9-17-12(18-10-14)11-5-3-2-4-6-11/h2-6,12-13H,7-10H2,1H3. The van der Waals surface area contributed by atoms with Crippen molar-refractivity contribution in [3.05, 3.63) is 35.9 Å². The highest BCUT2D eigenvalue weighted by Gasteiger charge is 2.43. The molecule has 0 aromatic heterocycles. The molecule has 2 aliphatic heterocycles. The van der Waals surface area contributed by atoms with E-state index in [2.05, 4.69) is 6.92 Å². The zero-order valence-electron chi connectivity index (χ0n) is 10.5. The molecule has 4 nitrogen and oxygen atoms in total. The zero-order chi connectivity index (χ0) is 12.4. The number of rotatable bonds is 2.